The smallest absolute Gasteiger partial charge is 0.140 e. The van der Waals surface area contributed by atoms with E-state index >= 15 is 0 Å². The molecule has 0 aliphatic heterocycles. The number of ether oxygens (including phenoxy) is 2. The molecule has 3 nitrogen and oxygen atoms in total. The number of hydrogen-bond donors (Lipinski definition) is 0. The van der Waals surface area contributed by atoms with Crippen molar-refractivity contribution in [2.24, 2.45) is 4.99 Å². The van der Waals surface area contributed by atoms with E-state index < -0.39 is 0 Å². The molecule has 0 atom stereocenters. The number of methoxy groups -OCH3 is 1. The third-order valence-corrected chi connectivity index (χ3v) is 3.05. The highest BCUT2D eigenvalue weighted by Crippen LogP contribution is 2.24. The predicted molar refractivity (Wildman–Crippen MR) is 87.2 cm³/mol. The fraction of sp³-hybridized carbons (Fsp3) is 0.118. The van der Waals surface area contributed by atoms with E-state index in [1.165, 1.54) is 0 Å². The maximum Gasteiger partial charge on any atom is 0.140 e. The van der Waals surface area contributed by atoms with Gasteiger partial charge in [-0.15, -0.1) is 0 Å². The molecule has 0 radical (unpaired) electrons. The van der Waals surface area contributed by atoms with E-state index in [1.807, 2.05) is 48.5 Å². The summed E-state index contributed by atoms with van der Waals surface area (Å²) in [4.78, 5) is 4.39. The van der Waals surface area contributed by atoms with Crippen LogP contribution in [0.2, 0.25) is 0 Å². The van der Waals surface area contributed by atoms with Gasteiger partial charge in [0.2, 0.25) is 0 Å². The Balaban J connectivity index is 2.27. The largest absolute Gasteiger partial charge is 0.497 e. The fourth-order valence-corrected chi connectivity index (χ4v) is 2.00. The normalized spacial score (nSPS) is 11.0. The first-order valence-electron chi connectivity index (χ1n) is 6.46. The molecular formula is C17H16ClNO2. The Morgan fingerprint density at radius 1 is 1.19 bits per heavy atom. The SMILES string of the molecule is C=CCOc1ccccc1C(Cl)=Nc1ccc(OC)cc1. The quantitative estimate of drug-likeness (QED) is 0.578. The van der Waals surface area contributed by atoms with Crippen molar-refractivity contribution < 1.29 is 9.47 Å². The van der Waals surface area contributed by atoms with Crippen LogP contribution in [0.1, 0.15) is 5.56 Å². The highest BCUT2D eigenvalue weighted by Gasteiger charge is 2.08. The first-order valence-corrected chi connectivity index (χ1v) is 6.83. The van der Waals surface area contributed by atoms with Crippen LogP contribution in [-0.2, 0) is 0 Å². The van der Waals surface area contributed by atoms with Crippen LogP contribution in [0, 0.1) is 0 Å². The maximum absolute atomic E-state index is 6.31. The molecule has 108 valence electrons. The number of hydrogen-bond acceptors (Lipinski definition) is 3. The molecule has 0 amide bonds. The third kappa shape index (κ3) is 4.10. The molecule has 2 aromatic rings. The number of aliphatic imine (C=N–C) groups is 1. The molecule has 0 unspecified atom stereocenters. The van der Waals surface area contributed by atoms with Gasteiger partial charge in [-0.3, -0.25) is 0 Å². The van der Waals surface area contributed by atoms with Crippen LogP contribution < -0.4 is 9.47 Å². The second-order valence-electron chi connectivity index (χ2n) is 4.20. The second-order valence-corrected chi connectivity index (χ2v) is 4.55. The lowest BCUT2D eigenvalue weighted by molar-refractivity contribution is 0.362. The lowest BCUT2D eigenvalue weighted by Crippen LogP contribution is -2.00. The summed E-state index contributed by atoms with van der Waals surface area (Å²) in [5, 5.41) is 0.375. The summed E-state index contributed by atoms with van der Waals surface area (Å²) in [5.41, 5.74) is 1.50. The van der Waals surface area contributed by atoms with E-state index in [1.54, 1.807) is 13.2 Å². The molecule has 0 saturated heterocycles. The van der Waals surface area contributed by atoms with Crippen LogP contribution in [0.15, 0.2) is 66.2 Å². The summed E-state index contributed by atoms with van der Waals surface area (Å²) in [5.74, 6) is 1.46. The van der Waals surface area contributed by atoms with Gasteiger partial charge in [0.15, 0.2) is 0 Å². The number of benzene rings is 2. The van der Waals surface area contributed by atoms with Gasteiger partial charge >= 0.3 is 0 Å². The van der Waals surface area contributed by atoms with Crippen molar-refractivity contribution in [3.05, 3.63) is 66.7 Å². The van der Waals surface area contributed by atoms with Crippen LogP contribution in [0.4, 0.5) is 5.69 Å². The Kier molecular flexibility index (Phi) is 5.41. The molecule has 21 heavy (non-hydrogen) atoms. The Morgan fingerprint density at radius 2 is 1.90 bits per heavy atom. The molecule has 0 heterocycles. The van der Waals surface area contributed by atoms with E-state index in [2.05, 4.69) is 11.6 Å². The van der Waals surface area contributed by atoms with Gasteiger partial charge in [0, 0.05) is 0 Å². The molecule has 0 aromatic heterocycles. The molecule has 0 saturated carbocycles. The molecule has 0 aliphatic rings. The van der Waals surface area contributed by atoms with Crippen molar-refractivity contribution in [2.45, 2.75) is 0 Å². The minimum absolute atomic E-state index is 0.375. The van der Waals surface area contributed by atoms with E-state index in [9.17, 15) is 0 Å². The van der Waals surface area contributed by atoms with Gasteiger partial charge in [-0.25, -0.2) is 4.99 Å². The van der Waals surface area contributed by atoms with Crippen molar-refractivity contribution in [1.82, 2.24) is 0 Å². The van der Waals surface area contributed by atoms with Crippen molar-refractivity contribution in [3.8, 4) is 11.5 Å². The molecule has 4 heteroatoms. The lowest BCUT2D eigenvalue weighted by atomic mass is 10.2. The Morgan fingerprint density at radius 3 is 2.57 bits per heavy atom. The van der Waals surface area contributed by atoms with Gasteiger partial charge in [0.25, 0.3) is 0 Å². The van der Waals surface area contributed by atoms with E-state index in [0.29, 0.717) is 17.5 Å². The Bertz CT molecular complexity index is 635. The van der Waals surface area contributed by atoms with Crippen molar-refractivity contribution in [2.75, 3.05) is 13.7 Å². The molecule has 0 bridgehead atoms. The summed E-state index contributed by atoms with van der Waals surface area (Å²) in [6.45, 7) is 4.05. The first kappa shape index (κ1) is 15.1. The molecular weight excluding hydrogens is 286 g/mol. The van der Waals surface area contributed by atoms with Crippen molar-refractivity contribution in [3.63, 3.8) is 0 Å². The molecule has 0 N–H and O–H groups in total. The number of halogens is 1. The van der Waals surface area contributed by atoms with Gasteiger partial charge in [-0.1, -0.05) is 36.4 Å². The second kappa shape index (κ2) is 7.50. The zero-order chi connectivity index (χ0) is 15.1. The van der Waals surface area contributed by atoms with Crippen molar-refractivity contribution in [1.29, 1.82) is 0 Å². The number of para-hydroxylation sites is 1. The summed E-state index contributed by atoms with van der Waals surface area (Å²) >= 11 is 6.31. The van der Waals surface area contributed by atoms with Crippen LogP contribution >= 0.6 is 11.6 Å². The monoisotopic (exact) mass is 301 g/mol. The number of rotatable bonds is 6. The predicted octanol–water partition coefficient (Wildman–Crippen LogP) is 4.58. The Labute approximate surface area is 129 Å². The van der Waals surface area contributed by atoms with Crippen LogP contribution in [-0.4, -0.2) is 18.9 Å². The van der Waals surface area contributed by atoms with Crippen molar-refractivity contribution >= 4 is 22.5 Å². The topological polar surface area (TPSA) is 30.8 Å². The molecule has 0 spiro atoms. The van der Waals surface area contributed by atoms with E-state index in [0.717, 1.165) is 17.0 Å². The molecule has 0 fully saturated rings. The average Bonchev–Trinajstić information content (AvgIpc) is 2.54. The van der Waals surface area contributed by atoms with Crippen LogP contribution in [0.25, 0.3) is 0 Å². The van der Waals surface area contributed by atoms with E-state index in [-0.39, 0.29) is 0 Å². The summed E-state index contributed by atoms with van der Waals surface area (Å²) < 4.78 is 10.7. The van der Waals surface area contributed by atoms with Gasteiger partial charge in [0.1, 0.15) is 23.3 Å². The average molecular weight is 302 g/mol. The summed E-state index contributed by atoms with van der Waals surface area (Å²) in [6, 6.07) is 14.9. The van der Waals surface area contributed by atoms with Crippen LogP contribution in [0.3, 0.4) is 0 Å². The maximum atomic E-state index is 6.31. The minimum atomic E-state index is 0.375. The zero-order valence-electron chi connectivity index (χ0n) is 11.8. The van der Waals surface area contributed by atoms with Crippen LogP contribution in [0.5, 0.6) is 11.5 Å². The standard InChI is InChI=1S/C17H16ClNO2/c1-3-12-21-16-7-5-4-6-15(16)17(18)19-13-8-10-14(20-2)11-9-13/h3-11H,1,12H2,2H3. The minimum Gasteiger partial charge on any atom is -0.497 e. The highest BCUT2D eigenvalue weighted by atomic mass is 35.5. The third-order valence-electron chi connectivity index (χ3n) is 2.77. The molecule has 2 rings (SSSR count). The van der Waals surface area contributed by atoms with Gasteiger partial charge in [-0.2, -0.15) is 0 Å². The van der Waals surface area contributed by atoms with Gasteiger partial charge in [0.05, 0.1) is 18.4 Å². The molecule has 0 aliphatic carbocycles. The number of nitrogens with zero attached hydrogens (tertiary/aromatic N) is 1. The zero-order valence-corrected chi connectivity index (χ0v) is 12.5. The lowest BCUT2D eigenvalue weighted by Gasteiger charge is -2.08. The first-order chi connectivity index (χ1) is 10.2. The molecule has 2 aromatic carbocycles. The Hall–Kier alpha value is -2.26. The van der Waals surface area contributed by atoms with E-state index in [4.69, 9.17) is 21.1 Å². The summed E-state index contributed by atoms with van der Waals surface area (Å²) in [6.07, 6.45) is 1.69. The van der Waals surface area contributed by atoms with Gasteiger partial charge in [-0.05, 0) is 36.4 Å². The van der Waals surface area contributed by atoms with Gasteiger partial charge < -0.3 is 9.47 Å². The highest BCUT2D eigenvalue weighted by molar-refractivity contribution is 6.70. The fourth-order valence-electron chi connectivity index (χ4n) is 1.74. The summed E-state index contributed by atoms with van der Waals surface area (Å²) in [7, 11) is 1.62.